The minimum absolute atomic E-state index is 0.197. The second-order valence-corrected chi connectivity index (χ2v) is 5.84. The van der Waals surface area contributed by atoms with Gasteiger partial charge < -0.3 is 10.2 Å². The molecule has 0 aromatic rings. The van der Waals surface area contributed by atoms with Crippen molar-refractivity contribution in [3.63, 3.8) is 0 Å². The molecule has 0 aromatic heterocycles. The molecule has 16 heavy (non-hydrogen) atoms. The van der Waals surface area contributed by atoms with Crippen molar-refractivity contribution in [2.75, 3.05) is 18.1 Å². The number of hydrogen-bond donors (Lipinski definition) is 3. The van der Waals surface area contributed by atoms with Gasteiger partial charge in [-0.15, -0.1) is 23.5 Å². The fourth-order valence-electron chi connectivity index (χ4n) is 1.73. The number of thioether (sulfide) groups is 2. The molecule has 3 N–H and O–H groups in total. The summed E-state index contributed by atoms with van der Waals surface area (Å²) in [6, 6.07) is -0.574. The third-order valence-electron chi connectivity index (χ3n) is 2.50. The zero-order chi connectivity index (χ0) is 11.7. The van der Waals surface area contributed by atoms with E-state index in [1.54, 1.807) is 4.90 Å². The van der Waals surface area contributed by atoms with Gasteiger partial charge in [0.25, 0.3) is 0 Å². The second kappa shape index (κ2) is 4.82. The van der Waals surface area contributed by atoms with Gasteiger partial charge in [0.2, 0.25) is 0 Å². The van der Waals surface area contributed by atoms with E-state index in [9.17, 15) is 9.59 Å². The molecule has 0 spiro atoms. The first-order chi connectivity index (χ1) is 7.59. The second-order valence-electron chi connectivity index (χ2n) is 3.54. The Kier molecular flexibility index (Phi) is 3.63. The van der Waals surface area contributed by atoms with E-state index in [0.29, 0.717) is 12.3 Å². The minimum Gasteiger partial charge on any atom is -0.480 e. The van der Waals surface area contributed by atoms with E-state index in [1.807, 2.05) is 0 Å². The number of nitrogens with one attached hydrogen (secondary N) is 1. The van der Waals surface area contributed by atoms with E-state index < -0.39 is 23.4 Å². The van der Waals surface area contributed by atoms with Gasteiger partial charge in [-0.1, -0.05) is 0 Å². The molecule has 2 saturated heterocycles. The van der Waals surface area contributed by atoms with Crippen LogP contribution >= 0.6 is 23.5 Å². The fraction of sp³-hybridized carbons (Fsp3) is 0.750. The van der Waals surface area contributed by atoms with Gasteiger partial charge in [-0.2, -0.15) is 0 Å². The third kappa shape index (κ3) is 2.29. The predicted molar refractivity (Wildman–Crippen MR) is 61.4 cm³/mol. The van der Waals surface area contributed by atoms with E-state index >= 15 is 0 Å². The molecule has 2 aliphatic heterocycles. The minimum atomic E-state index is -0.881. The lowest BCUT2D eigenvalue weighted by Crippen LogP contribution is -2.49. The third-order valence-corrected chi connectivity index (χ3v) is 4.96. The summed E-state index contributed by atoms with van der Waals surface area (Å²) in [6.07, 6.45) is 0. The van der Waals surface area contributed by atoms with Crippen LogP contribution in [0.5, 0.6) is 0 Å². The standard InChI is InChI=1S/C8H12N2O4S2/c11-6(12)4-3-16-8(9-4)10-1-2-15-5(10)7(13)14/h4-5,8-9H,1-3H2,(H,11,12)(H,13,14)/t4?,5-,8?/m0/s1. The van der Waals surface area contributed by atoms with Gasteiger partial charge in [-0.05, 0) is 0 Å². The molecule has 0 radical (unpaired) electrons. The average Bonchev–Trinajstić information content (AvgIpc) is 2.86. The van der Waals surface area contributed by atoms with Gasteiger partial charge in [-0.3, -0.25) is 15.0 Å². The highest BCUT2D eigenvalue weighted by Crippen LogP contribution is 2.32. The largest absolute Gasteiger partial charge is 0.480 e. The van der Waals surface area contributed by atoms with Crippen LogP contribution in [-0.2, 0) is 9.59 Å². The molecule has 3 atom stereocenters. The maximum atomic E-state index is 11.0. The van der Waals surface area contributed by atoms with Crippen LogP contribution in [0.4, 0.5) is 0 Å². The lowest BCUT2D eigenvalue weighted by atomic mass is 10.3. The summed E-state index contributed by atoms with van der Waals surface area (Å²) < 4.78 is 0. The molecule has 0 bridgehead atoms. The Morgan fingerprint density at radius 1 is 1.25 bits per heavy atom. The maximum absolute atomic E-state index is 11.0. The van der Waals surface area contributed by atoms with Crippen LogP contribution in [0.3, 0.4) is 0 Å². The first-order valence-corrected chi connectivity index (χ1v) is 6.90. The molecule has 2 aliphatic rings. The summed E-state index contributed by atoms with van der Waals surface area (Å²) >= 11 is 2.84. The number of carbonyl (C=O) groups is 2. The zero-order valence-electron chi connectivity index (χ0n) is 8.33. The molecule has 2 rings (SSSR count). The zero-order valence-corrected chi connectivity index (χ0v) is 9.96. The van der Waals surface area contributed by atoms with E-state index in [2.05, 4.69) is 5.32 Å². The van der Waals surface area contributed by atoms with Crippen molar-refractivity contribution < 1.29 is 19.8 Å². The van der Waals surface area contributed by atoms with Crippen LogP contribution < -0.4 is 5.32 Å². The highest BCUT2D eigenvalue weighted by molar-refractivity contribution is 8.01. The molecule has 0 saturated carbocycles. The molecular weight excluding hydrogens is 252 g/mol. The Hall–Kier alpha value is -0.440. The lowest BCUT2D eigenvalue weighted by molar-refractivity contribution is -0.139. The van der Waals surface area contributed by atoms with Crippen LogP contribution in [0.1, 0.15) is 0 Å². The first-order valence-electron chi connectivity index (χ1n) is 4.80. The molecule has 0 aliphatic carbocycles. The molecule has 6 nitrogen and oxygen atoms in total. The van der Waals surface area contributed by atoms with E-state index in [0.717, 1.165) is 5.75 Å². The average molecular weight is 264 g/mol. The summed E-state index contributed by atoms with van der Waals surface area (Å²) in [5.41, 5.74) is -0.197. The van der Waals surface area contributed by atoms with Crippen LogP contribution in [0.15, 0.2) is 0 Å². The van der Waals surface area contributed by atoms with Crippen molar-refractivity contribution in [2.45, 2.75) is 16.9 Å². The van der Waals surface area contributed by atoms with Gasteiger partial charge in [0.15, 0.2) is 5.37 Å². The summed E-state index contributed by atoms with van der Waals surface area (Å²) in [4.78, 5) is 23.5. The smallest absolute Gasteiger partial charge is 0.331 e. The predicted octanol–water partition coefficient (Wildman–Crippen LogP) is -0.481. The summed E-state index contributed by atoms with van der Waals surface area (Å²) in [7, 11) is 0. The number of nitrogens with zero attached hydrogens (tertiary/aromatic N) is 1. The number of carboxylic acids is 2. The fourth-order valence-corrected chi connectivity index (χ4v) is 4.20. The molecule has 2 unspecified atom stereocenters. The molecule has 90 valence electrons. The number of rotatable bonds is 3. The molecule has 2 fully saturated rings. The Bertz CT molecular complexity index is 314. The molecule has 0 aromatic carbocycles. The van der Waals surface area contributed by atoms with E-state index in [-0.39, 0.29) is 5.50 Å². The summed E-state index contributed by atoms with van der Waals surface area (Å²) in [5.74, 6) is -0.488. The van der Waals surface area contributed by atoms with Crippen LogP contribution in [0.25, 0.3) is 0 Å². The van der Waals surface area contributed by atoms with E-state index in [4.69, 9.17) is 10.2 Å². The maximum Gasteiger partial charge on any atom is 0.331 e. The SMILES string of the molecule is O=C(O)C1CSC(N2CCS[C@H]2C(=O)O)N1. The van der Waals surface area contributed by atoms with Crippen molar-refractivity contribution in [3.8, 4) is 0 Å². The molecule has 8 heteroatoms. The van der Waals surface area contributed by atoms with Crippen LogP contribution in [-0.4, -0.2) is 62.0 Å². The highest BCUT2D eigenvalue weighted by atomic mass is 32.2. The Balaban J connectivity index is 1.98. The van der Waals surface area contributed by atoms with Crippen molar-refractivity contribution in [2.24, 2.45) is 0 Å². The Morgan fingerprint density at radius 3 is 2.56 bits per heavy atom. The van der Waals surface area contributed by atoms with Crippen molar-refractivity contribution in [1.29, 1.82) is 0 Å². The number of carboxylic acid groups (broad SMARTS) is 2. The van der Waals surface area contributed by atoms with Gasteiger partial charge in [0.1, 0.15) is 11.5 Å². The van der Waals surface area contributed by atoms with Crippen molar-refractivity contribution in [1.82, 2.24) is 10.2 Å². The lowest BCUT2D eigenvalue weighted by Gasteiger charge is -2.26. The number of hydrogen-bond acceptors (Lipinski definition) is 6. The first kappa shape index (κ1) is 12.0. The highest BCUT2D eigenvalue weighted by Gasteiger charge is 2.41. The van der Waals surface area contributed by atoms with Crippen molar-refractivity contribution in [3.05, 3.63) is 0 Å². The van der Waals surface area contributed by atoms with Gasteiger partial charge in [-0.25, -0.2) is 4.79 Å². The Morgan fingerprint density at radius 2 is 2.00 bits per heavy atom. The quantitative estimate of drug-likeness (QED) is 0.630. The summed E-state index contributed by atoms with van der Waals surface area (Å²) in [6.45, 7) is 0.679. The number of aliphatic carboxylic acids is 2. The molecular formula is C8H12N2O4S2. The van der Waals surface area contributed by atoms with Gasteiger partial charge >= 0.3 is 11.9 Å². The topological polar surface area (TPSA) is 89.9 Å². The molecule has 2 heterocycles. The van der Waals surface area contributed by atoms with Gasteiger partial charge in [0.05, 0.1) is 0 Å². The van der Waals surface area contributed by atoms with Crippen LogP contribution in [0.2, 0.25) is 0 Å². The van der Waals surface area contributed by atoms with E-state index in [1.165, 1.54) is 23.5 Å². The monoisotopic (exact) mass is 264 g/mol. The normalized spacial score (nSPS) is 35.4. The van der Waals surface area contributed by atoms with Crippen LogP contribution in [0, 0.1) is 0 Å². The summed E-state index contributed by atoms with van der Waals surface area (Å²) in [5, 5.41) is 20.2. The van der Waals surface area contributed by atoms with Crippen molar-refractivity contribution >= 4 is 35.5 Å². The molecule has 0 amide bonds. The Labute approximate surface area is 101 Å². The van der Waals surface area contributed by atoms with Gasteiger partial charge in [0, 0.05) is 18.1 Å².